The summed E-state index contributed by atoms with van der Waals surface area (Å²) in [5.41, 5.74) is 3.03. The van der Waals surface area contributed by atoms with Crippen molar-refractivity contribution in [1.29, 1.82) is 0 Å². The molecule has 4 aromatic rings. The van der Waals surface area contributed by atoms with Gasteiger partial charge in [0.15, 0.2) is 0 Å². The fraction of sp³-hybridized carbons (Fsp3) is 0.421. The summed E-state index contributed by atoms with van der Waals surface area (Å²) in [6, 6.07) is 18.9. The van der Waals surface area contributed by atoms with Crippen molar-refractivity contribution in [2.45, 2.75) is 77.0 Å². The molecule has 1 aromatic heterocycles. The number of alkyl carbamates (subject to hydrolysis) is 1. The molecular weight excluding hydrogens is 627 g/mol. The standard InChI is InChI=1S/C38H45FN4O6/c1-38(2,3)49-37(47)40-29(21-25-12-14-26(15-13-25)27-16-17-30(36(45)46)31(39)22-27)23-34(44)42-18-7-9-28(24-42)35-41-32-10-5-6-11-33(32)43(35)19-8-20-48-4/h5-6,10-17,22,28-29H,7-9,18-21,23-24H2,1-4H3,(H,40,47)(H,45,46). The van der Waals surface area contributed by atoms with Crippen molar-refractivity contribution < 1.29 is 33.4 Å². The molecule has 10 nitrogen and oxygen atoms in total. The molecule has 1 saturated heterocycles. The molecule has 0 spiro atoms. The van der Waals surface area contributed by atoms with E-state index in [1.165, 1.54) is 12.1 Å². The third kappa shape index (κ3) is 9.23. The van der Waals surface area contributed by atoms with E-state index < -0.39 is 29.5 Å². The molecule has 260 valence electrons. The summed E-state index contributed by atoms with van der Waals surface area (Å²) in [5.74, 6) is -1.13. The van der Waals surface area contributed by atoms with Crippen LogP contribution in [0, 0.1) is 5.82 Å². The van der Waals surface area contributed by atoms with Crippen LogP contribution in [-0.4, -0.2) is 76.0 Å². The number of amides is 2. The van der Waals surface area contributed by atoms with Gasteiger partial charge in [0.2, 0.25) is 5.91 Å². The van der Waals surface area contributed by atoms with E-state index in [9.17, 15) is 18.8 Å². The number of aromatic carboxylic acids is 1. The second-order valence-corrected chi connectivity index (χ2v) is 13.6. The Hall–Kier alpha value is -4.77. The Balaban J connectivity index is 1.31. The van der Waals surface area contributed by atoms with Gasteiger partial charge in [-0.25, -0.2) is 19.0 Å². The molecule has 0 radical (unpaired) electrons. The summed E-state index contributed by atoms with van der Waals surface area (Å²) >= 11 is 0. The second kappa shape index (κ2) is 15.6. The fourth-order valence-electron chi connectivity index (χ4n) is 6.40. The summed E-state index contributed by atoms with van der Waals surface area (Å²) in [7, 11) is 1.70. The van der Waals surface area contributed by atoms with Crippen molar-refractivity contribution in [1.82, 2.24) is 19.8 Å². The lowest BCUT2D eigenvalue weighted by molar-refractivity contribution is -0.133. The maximum atomic E-state index is 14.3. The number of ether oxygens (including phenoxy) is 2. The third-order valence-electron chi connectivity index (χ3n) is 8.66. The number of carboxylic acids is 1. The smallest absolute Gasteiger partial charge is 0.407 e. The molecule has 1 fully saturated rings. The number of likely N-dealkylation sites (tertiary alicyclic amines) is 1. The number of carbonyl (C=O) groups is 3. The predicted molar refractivity (Wildman–Crippen MR) is 185 cm³/mol. The number of imidazole rings is 1. The molecule has 1 aliphatic rings. The molecule has 3 aromatic carbocycles. The minimum absolute atomic E-state index is 0.0570. The van der Waals surface area contributed by atoms with Gasteiger partial charge in [0.25, 0.3) is 0 Å². The summed E-state index contributed by atoms with van der Waals surface area (Å²) in [4.78, 5) is 44.8. The number of halogens is 1. The van der Waals surface area contributed by atoms with E-state index in [0.29, 0.717) is 37.2 Å². The van der Waals surface area contributed by atoms with Crippen LogP contribution in [0.5, 0.6) is 0 Å². The molecule has 49 heavy (non-hydrogen) atoms. The molecule has 2 atom stereocenters. The Morgan fingerprint density at radius 3 is 2.49 bits per heavy atom. The van der Waals surface area contributed by atoms with Crippen molar-refractivity contribution in [3.05, 3.63) is 89.5 Å². The summed E-state index contributed by atoms with van der Waals surface area (Å²) in [5, 5.41) is 12.1. The van der Waals surface area contributed by atoms with Crippen LogP contribution < -0.4 is 5.32 Å². The van der Waals surface area contributed by atoms with E-state index in [-0.39, 0.29) is 23.8 Å². The molecule has 2 heterocycles. The number of rotatable bonds is 12. The summed E-state index contributed by atoms with van der Waals surface area (Å²) in [6.45, 7) is 7.95. The van der Waals surface area contributed by atoms with E-state index in [1.54, 1.807) is 33.9 Å². The van der Waals surface area contributed by atoms with Gasteiger partial charge in [-0.1, -0.05) is 42.5 Å². The van der Waals surface area contributed by atoms with Gasteiger partial charge in [-0.2, -0.15) is 0 Å². The normalized spacial score (nSPS) is 15.6. The topological polar surface area (TPSA) is 123 Å². The molecule has 5 rings (SSSR count). The van der Waals surface area contributed by atoms with Crippen molar-refractivity contribution in [3.8, 4) is 11.1 Å². The third-order valence-corrected chi connectivity index (χ3v) is 8.66. The SMILES string of the molecule is COCCCn1c(C2CCCN(C(=O)CC(Cc3ccc(-c4ccc(C(=O)O)c(F)c4)cc3)NC(=O)OC(C)(C)C)C2)nc2ccccc21. The zero-order valence-corrected chi connectivity index (χ0v) is 28.6. The number of aryl methyl sites for hydroxylation is 1. The van der Waals surface area contributed by atoms with Crippen molar-refractivity contribution in [3.63, 3.8) is 0 Å². The van der Waals surface area contributed by atoms with Crippen LogP contribution in [-0.2, 0) is 27.2 Å². The summed E-state index contributed by atoms with van der Waals surface area (Å²) < 4.78 is 27.4. The molecule has 11 heteroatoms. The predicted octanol–water partition coefficient (Wildman–Crippen LogP) is 6.81. The number of hydrogen-bond acceptors (Lipinski definition) is 6. The number of hydrogen-bond donors (Lipinski definition) is 2. The van der Waals surface area contributed by atoms with Gasteiger partial charge < -0.3 is 29.4 Å². The zero-order valence-electron chi connectivity index (χ0n) is 28.6. The first-order chi connectivity index (χ1) is 23.4. The van der Waals surface area contributed by atoms with Crippen molar-refractivity contribution in [2.75, 3.05) is 26.8 Å². The first kappa shape index (κ1) is 35.5. The van der Waals surface area contributed by atoms with Gasteiger partial charge in [0.1, 0.15) is 17.2 Å². The molecule has 0 saturated carbocycles. The lowest BCUT2D eigenvalue weighted by atomic mass is 9.95. The maximum Gasteiger partial charge on any atom is 0.407 e. The van der Waals surface area contributed by atoms with Crippen LogP contribution in [0.25, 0.3) is 22.2 Å². The van der Waals surface area contributed by atoms with Gasteiger partial charge in [-0.05, 0) is 87.4 Å². The van der Waals surface area contributed by atoms with E-state index in [2.05, 4.69) is 16.0 Å². The van der Waals surface area contributed by atoms with Crippen LogP contribution in [0.15, 0.2) is 66.7 Å². The van der Waals surface area contributed by atoms with E-state index in [4.69, 9.17) is 19.6 Å². The second-order valence-electron chi connectivity index (χ2n) is 13.6. The molecular formula is C38H45FN4O6. The quantitative estimate of drug-likeness (QED) is 0.159. The van der Waals surface area contributed by atoms with Crippen LogP contribution in [0.3, 0.4) is 0 Å². The highest BCUT2D eigenvalue weighted by Crippen LogP contribution is 2.30. The Bertz CT molecular complexity index is 1780. The fourth-order valence-corrected chi connectivity index (χ4v) is 6.40. The average molecular weight is 673 g/mol. The molecule has 2 amide bonds. The average Bonchev–Trinajstić information content (AvgIpc) is 3.42. The van der Waals surface area contributed by atoms with E-state index in [0.717, 1.165) is 48.2 Å². The van der Waals surface area contributed by atoms with E-state index in [1.807, 2.05) is 47.4 Å². The Morgan fingerprint density at radius 1 is 1.06 bits per heavy atom. The number of aromatic nitrogens is 2. The van der Waals surface area contributed by atoms with Gasteiger partial charge in [0.05, 0.1) is 16.6 Å². The minimum atomic E-state index is -1.32. The first-order valence-corrected chi connectivity index (χ1v) is 16.8. The van der Waals surface area contributed by atoms with Gasteiger partial charge in [-0.3, -0.25) is 4.79 Å². The molecule has 1 aliphatic heterocycles. The Labute approximate surface area is 286 Å². The number of fused-ring (bicyclic) bond motifs is 1. The largest absolute Gasteiger partial charge is 0.478 e. The number of nitrogens with zero attached hydrogens (tertiary/aromatic N) is 3. The van der Waals surface area contributed by atoms with Gasteiger partial charge in [0, 0.05) is 51.7 Å². The van der Waals surface area contributed by atoms with Crippen LogP contribution in [0.2, 0.25) is 0 Å². The highest BCUT2D eigenvalue weighted by Gasteiger charge is 2.30. The molecule has 2 unspecified atom stereocenters. The Kier molecular flexibility index (Phi) is 11.3. The van der Waals surface area contributed by atoms with E-state index >= 15 is 0 Å². The first-order valence-electron chi connectivity index (χ1n) is 16.8. The van der Waals surface area contributed by atoms with Crippen LogP contribution >= 0.6 is 0 Å². The number of benzene rings is 3. The number of piperidine rings is 1. The van der Waals surface area contributed by atoms with Crippen molar-refractivity contribution in [2.24, 2.45) is 0 Å². The maximum absolute atomic E-state index is 14.3. The van der Waals surface area contributed by atoms with Crippen LogP contribution in [0.4, 0.5) is 9.18 Å². The lowest BCUT2D eigenvalue weighted by Gasteiger charge is -2.34. The lowest BCUT2D eigenvalue weighted by Crippen LogP contribution is -2.46. The number of carboxylic acid groups (broad SMARTS) is 1. The highest BCUT2D eigenvalue weighted by molar-refractivity contribution is 5.88. The summed E-state index contributed by atoms with van der Waals surface area (Å²) in [6.07, 6.45) is 2.47. The van der Waals surface area contributed by atoms with Gasteiger partial charge >= 0.3 is 12.1 Å². The molecule has 2 N–H and O–H groups in total. The molecule has 0 bridgehead atoms. The number of nitrogens with one attached hydrogen (secondary N) is 1. The number of methoxy groups -OCH3 is 1. The Morgan fingerprint density at radius 2 is 1.80 bits per heavy atom. The molecule has 0 aliphatic carbocycles. The number of carbonyl (C=O) groups excluding carboxylic acids is 2. The highest BCUT2D eigenvalue weighted by atomic mass is 19.1. The monoisotopic (exact) mass is 672 g/mol. The zero-order chi connectivity index (χ0) is 35.1. The number of para-hydroxylation sites is 2. The van der Waals surface area contributed by atoms with Crippen molar-refractivity contribution >= 4 is 29.0 Å². The minimum Gasteiger partial charge on any atom is -0.478 e. The van der Waals surface area contributed by atoms with Gasteiger partial charge in [-0.15, -0.1) is 0 Å². The van der Waals surface area contributed by atoms with Crippen LogP contribution in [0.1, 0.15) is 74.1 Å².